The van der Waals surface area contributed by atoms with Gasteiger partial charge in [0.05, 0.1) is 35.7 Å². The van der Waals surface area contributed by atoms with Crippen molar-refractivity contribution in [3.05, 3.63) is 33.6 Å². The molecule has 0 bridgehead atoms. The van der Waals surface area contributed by atoms with Crippen molar-refractivity contribution in [2.45, 2.75) is 64.4 Å². The third kappa shape index (κ3) is 7.44. The monoisotopic (exact) mass is 506 g/mol. The van der Waals surface area contributed by atoms with Gasteiger partial charge in [-0.05, 0) is 51.3 Å². The summed E-state index contributed by atoms with van der Waals surface area (Å²) in [5, 5.41) is 3.12. The van der Waals surface area contributed by atoms with Gasteiger partial charge < -0.3 is 19.5 Å². The molecule has 1 aliphatic heterocycles. The quantitative estimate of drug-likeness (QED) is 0.526. The number of halogens is 3. The fourth-order valence-electron chi connectivity index (χ4n) is 3.92. The van der Waals surface area contributed by atoms with Crippen LogP contribution in [0.2, 0.25) is 10.0 Å². The van der Waals surface area contributed by atoms with Gasteiger partial charge >= 0.3 is 6.09 Å². The van der Waals surface area contributed by atoms with Crippen LogP contribution in [0, 0.1) is 11.7 Å². The smallest absolute Gasteiger partial charge is 0.410 e. The average molecular weight is 507 g/mol. The lowest BCUT2D eigenvalue weighted by atomic mass is 9.94. The van der Waals surface area contributed by atoms with Crippen LogP contribution in [0.1, 0.15) is 39.7 Å². The minimum atomic E-state index is -0.652. The molecular formula is C23H33Cl2FN2O5. The summed E-state index contributed by atoms with van der Waals surface area (Å²) in [7, 11) is 3.10. The van der Waals surface area contributed by atoms with Gasteiger partial charge in [-0.3, -0.25) is 9.69 Å². The number of rotatable bonds is 8. The molecule has 1 heterocycles. The topological polar surface area (TPSA) is 77.1 Å². The first-order chi connectivity index (χ1) is 15.4. The third-order valence-corrected chi connectivity index (χ3v) is 6.25. The standard InChI is InChI=1S/C23H33Cl2FN2O5/c1-13(21(29)27-8-7-14-9-18(26)17(25)11-16(14)24)20(32-6)19-10-15(31-5)12-28(19)22(30)33-23(2,3)4/h9,11,13,15,19-20H,7-8,10,12H2,1-6H3,(H,27,29)/t13-,15-,19?,20-/m1/s1. The summed E-state index contributed by atoms with van der Waals surface area (Å²) in [5.74, 6) is -1.39. The Morgan fingerprint density at radius 2 is 1.91 bits per heavy atom. The van der Waals surface area contributed by atoms with Crippen LogP contribution in [-0.2, 0) is 25.4 Å². The maximum atomic E-state index is 13.7. The summed E-state index contributed by atoms with van der Waals surface area (Å²) in [5.41, 5.74) is -0.106. The van der Waals surface area contributed by atoms with E-state index in [4.69, 9.17) is 37.4 Å². The Bertz CT molecular complexity index is 849. The molecule has 4 atom stereocenters. The van der Waals surface area contributed by atoms with Crippen LogP contribution in [0.4, 0.5) is 9.18 Å². The van der Waals surface area contributed by atoms with E-state index in [-0.39, 0.29) is 23.6 Å². The maximum absolute atomic E-state index is 13.7. The second kappa shape index (κ2) is 11.7. The number of hydrogen-bond donors (Lipinski definition) is 1. The molecule has 1 N–H and O–H groups in total. The summed E-state index contributed by atoms with van der Waals surface area (Å²) in [4.78, 5) is 27.2. The van der Waals surface area contributed by atoms with E-state index in [1.165, 1.54) is 19.2 Å². The van der Waals surface area contributed by atoms with E-state index in [0.29, 0.717) is 30.0 Å². The molecule has 7 nitrogen and oxygen atoms in total. The molecule has 1 unspecified atom stereocenters. The van der Waals surface area contributed by atoms with E-state index in [9.17, 15) is 14.0 Å². The second-order valence-corrected chi connectivity index (χ2v) is 10.00. The highest BCUT2D eigenvalue weighted by Crippen LogP contribution is 2.30. The highest BCUT2D eigenvalue weighted by atomic mass is 35.5. The minimum absolute atomic E-state index is 0.0511. The molecule has 186 valence electrons. The molecule has 0 radical (unpaired) electrons. The summed E-state index contributed by atoms with van der Waals surface area (Å²) < 4.78 is 30.4. The van der Waals surface area contributed by atoms with Crippen molar-refractivity contribution in [1.82, 2.24) is 10.2 Å². The van der Waals surface area contributed by atoms with E-state index in [2.05, 4.69) is 5.32 Å². The lowest BCUT2D eigenvalue weighted by Gasteiger charge is -2.34. The molecular weight excluding hydrogens is 474 g/mol. The predicted molar refractivity (Wildman–Crippen MR) is 125 cm³/mol. The first kappa shape index (κ1) is 27.6. The number of nitrogens with zero attached hydrogens (tertiary/aromatic N) is 1. The Kier molecular flexibility index (Phi) is 9.79. The zero-order chi connectivity index (χ0) is 24.9. The SMILES string of the molecule is CO[C@@H]1CC([C@H](OC)[C@@H](C)C(=O)NCCc2cc(F)c(Cl)cc2Cl)N(C(=O)OC(C)(C)C)C1. The molecule has 0 aliphatic carbocycles. The Balaban J connectivity index is 2.05. The number of nitrogens with one attached hydrogen (secondary N) is 1. The average Bonchev–Trinajstić information content (AvgIpc) is 3.15. The molecule has 1 fully saturated rings. The van der Waals surface area contributed by atoms with Crippen LogP contribution in [-0.4, -0.2) is 68.1 Å². The van der Waals surface area contributed by atoms with Gasteiger partial charge in [0.1, 0.15) is 11.4 Å². The zero-order valence-electron chi connectivity index (χ0n) is 19.9. The number of carbonyl (C=O) groups excluding carboxylic acids is 2. The van der Waals surface area contributed by atoms with Crippen LogP contribution in [0.25, 0.3) is 0 Å². The molecule has 0 spiro atoms. The van der Waals surface area contributed by atoms with Gasteiger partial charge in [0.15, 0.2) is 0 Å². The molecule has 0 aromatic heterocycles. The normalized spacial score (nSPS) is 20.5. The van der Waals surface area contributed by atoms with Crippen molar-refractivity contribution >= 4 is 35.2 Å². The number of amides is 2. The summed E-state index contributed by atoms with van der Waals surface area (Å²) in [6.07, 6.45) is -0.374. The second-order valence-electron chi connectivity index (χ2n) is 9.18. The van der Waals surface area contributed by atoms with Crippen LogP contribution >= 0.6 is 23.2 Å². The largest absolute Gasteiger partial charge is 0.444 e. The third-order valence-electron chi connectivity index (χ3n) is 5.61. The van der Waals surface area contributed by atoms with Crippen LogP contribution in [0.3, 0.4) is 0 Å². The lowest BCUT2D eigenvalue weighted by molar-refractivity contribution is -0.130. The van der Waals surface area contributed by atoms with Gasteiger partial charge in [-0.25, -0.2) is 9.18 Å². The molecule has 1 aromatic carbocycles. The molecule has 0 saturated carbocycles. The van der Waals surface area contributed by atoms with Crippen LogP contribution < -0.4 is 5.32 Å². The summed E-state index contributed by atoms with van der Waals surface area (Å²) >= 11 is 11.8. The molecule has 1 saturated heterocycles. The van der Waals surface area contributed by atoms with Crippen molar-refractivity contribution in [3.63, 3.8) is 0 Å². The zero-order valence-corrected chi connectivity index (χ0v) is 21.4. The molecule has 1 aliphatic rings. The van der Waals surface area contributed by atoms with Crippen molar-refractivity contribution in [3.8, 4) is 0 Å². The Morgan fingerprint density at radius 1 is 1.24 bits per heavy atom. The number of carbonyl (C=O) groups is 2. The van der Waals surface area contributed by atoms with Gasteiger partial charge in [0, 0.05) is 25.8 Å². The lowest BCUT2D eigenvalue weighted by Crippen LogP contribution is -2.50. The summed E-state index contributed by atoms with van der Waals surface area (Å²) in [6, 6.07) is 2.22. The Hall–Kier alpha value is -1.61. The van der Waals surface area contributed by atoms with Crippen LogP contribution in [0.15, 0.2) is 12.1 Å². The minimum Gasteiger partial charge on any atom is -0.444 e. The van der Waals surface area contributed by atoms with Gasteiger partial charge in [0.2, 0.25) is 5.91 Å². The maximum Gasteiger partial charge on any atom is 0.410 e. The fourth-order valence-corrected chi connectivity index (χ4v) is 4.40. The van der Waals surface area contributed by atoms with Gasteiger partial charge in [0.25, 0.3) is 0 Å². The number of methoxy groups -OCH3 is 2. The van der Waals surface area contributed by atoms with E-state index in [1.54, 1.807) is 39.7 Å². The van der Waals surface area contributed by atoms with E-state index >= 15 is 0 Å². The number of ether oxygens (including phenoxy) is 3. The Morgan fingerprint density at radius 3 is 2.48 bits per heavy atom. The first-order valence-corrected chi connectivity index (χ1v) is 11.6. The molecule has 10 heteroatoms. The first-order valence-electron chi connectivity index (χ1n) is 10.8. The molecule has 33 heavy (non-hydrogen) atoms. The van der Waals surface area contributed by atoms with Crippen molar-refractivity contribution in [2.24, 2.45) is 5.92 Å². The van der Waals surface area contributed by atoms with E-state index in [1.807, 2.05) is 0 Å². The van der Waals surface area contributed by atoms with Crippen LogP contribution in [0.5, 0.6) is 0 Å². The number of benzene rings is 1. The predicted octanol–water partition coefficient (Wildman–Crippen LogP) is 4.47. The Labute approximate surface area is 204 Å². The van der Waals surface area contributed by atoms with Crippen molar-refractivity contribution in [2.75, 3.05) is 27.3 Å². The van der Waals surface area contributed by atoms with E-state index in [0.717, 1.165) is 0 Å². The van der Waals surface area contributed by atoms with Gasteiger partial charge in [-0.15, -0.1) is 0 Å². The summed E-state index contributed by atoms with van der Waals surface area (Å²) in [6.45, 7) is 7.74. The van der Waals surface area contributed by atoms with Gasteiger partial charge in [-0.2, -0.15) is 0 Å². The highest BCUT2D eigenvalue weighted by molar-refractivity contribution is 6.35. The van der Waals surface area contributed by atoms with Gasteiger partial charge in [-0.1, -0.05) is 30.1 Å². The number of likely N-dealkylation sites (tertiary alicyclic amines) is 1. The van der Waals surface area contributed by atoms with Crippen molar-refractivity contribution < 1.29 is 28.2 Å². The fraction of sp³-hybridized carbons (Fsp3) is 0.652. The molecule has 1 aromatic rings. The highest BCUT2D eigenvalue weighted by Gasteiger charge is 2.45. The van der Waals surface area contributed by atoms with Crippen molar-refractivity contribution in [1.29, 1.82) is 0 Å². The molecule has 2 rings (SSSR count). The molecule has 2 amide bonds. The number of hydrogen-bond acceptors (Lipinski definition) is 5. The van der Waals surface area contributed by atoms with E-state index < -0.39 is 35.6 Å².